The second-order valence-electron chi connectivity index (χ2n) is 2.92. The van der Waals surface area contributed by atoms with Crippen LogP contribution in [0.15, 0.2) is 11.3 Å². The molecular weight excluding hydrogens is 201 g/mol. The number of esters is 1. The second-order valence-corrected chi connectivity index (χ2v) is 2.92. The lowest BCUT2D eigenvalue weighted by Crippen LogP contribution is -2.31. The summed E-state index contributed by atoms with van der Waals surface area (Å²) < 4.78 is 41.2. The zero-order valence-electron chi connectivity index (χ0n) is 7.44. The minimum absolute atomic E-state index is 0.259. The van der Waals surface area contributed by atoms with E-state index < -0.39 is 29.4 Å². The Morgan fingerprint density at radius 2 is 1.93 bits per heavy atom. The van der Waals surface area contributed by atoms with Gasteiger partial charge in [-0.3, -0.25) is 9.59 Å². The molecule has 0 aromatic rings. The number of allylic oxidation sites excluding steroid dienone is 1. The van der Waals surface area contributed by atoms with Gasteiger partial charge in [-0.05, 0) is 13.8 Å². The van der Waals surface area contributed by atoms with Crippen LogP contribution in [-0.4, -0.2) is 17.9 Å². The molecule has 0 bridgehead atoms. The summed E-state index contributed by atoms with van der Waals surface area (Å²) >= 11 is 0. The number of ketones is 1. The largest absolute Gasteiger partial charge is 0.430 e. The maximum atomic E-state index is 12.3. The Labute approximate surface area is 77.5 Å². The highest BCUT2D eigenvalue weighted by atomic mass is 19.4. The van der Waals surface area contributed by atoms with Gasteiger partial charge in [0.2, 0.25) is 0 Å². The highest BCUT2D eigenvalue weighted by Crippen LogP contribution is 2.39. The van der Waals surface area contributed by atoms with Crippen molar-refractivity contribution in [3.63, 3.8) is 0 Å². The van der Waals surface area contributed by atoms with E-state index >= 15 is 0 Å². The van der Waals surface area contributed by atoms with Crippen LogP contribution in [0.4, 0.5) is 13.2 Å². The molecule has 0 spiro atoms. The van der Waals surface area contributed by atoms with Crippen LogP contribution in [-0.2, 0) is 14.3 Å². The van der Waals surface area contributed by atoms with Crippen LogP contribution in [0.5, 0.6) is 0 Å². The third-order valence-electron chi connectivity index (χ3n) is 1.86. The van der Waals surface area contributed by atoms with Crippen LogP contribution in [0.25, 0.3) is 0 Å². The van der Waals surface area contributed by atoms with Crippen molar-refractivity contribution in [2.45, 2.75) is 20.0 Å². The number of hydrogen-bond acceptors (Lipinski definition) is 3. The van der Waals surface area contributed by atoms with E-state index in [1.54, 1.807) is 0 Å². The number of ether oxygens (including phenoxy) is 1. The lowest BCUT2D eigenvalue weighted by atomic mass is 9.97. The zero-order valence-corrected chi connectivity index (χ0v) is 7.44. The van der Waals surface area contributed by atoms with Gasteiger partial charge in [0.05, 0.1) is 5.57 Å². The molecule has 78 valence electrons. The van der Waals surface area contributed by atoms with E-state index in [9.17, 15) is 22.8 Å². The summed E-state index contributed by atoms with van der Waals surface area (Å²) in [6.45, 7) is 2.14. The summed E-state index contributed by atoms with van der Waals surface area (Å²) in [7, 11) is 0. The van der Waals surface area contributed by atoms with Gasteiger partial charge in [-0.25, -0.2) is 0 Å². The van der Waals surface area contributed by atoms with Gasteiger partial charge in [0.25, 0.3) is 0 Å². The molecule has 1 unspecified atom stereocenters. The molecule has 0 saturated heterocycles. The molecule has 0 saturated carbocycles. The van der Waals surface area contributed by atoms with Crippen molar-refractivity contribution in [2.24, 2.45) is 5.92 Å². The van der Waals surface area contributed by atoms with Crippen LogP contribution < -0.4 is 0 Å². The van der Waals surface area contributed by atoms with E-state index in [1.807, 2.05) is 0 Å². The Morgan fingerprint density at radius 1 is 1.43 bits per heavy atom. The van der Waals surface area contributed by atoms with Gasteiger partial charge in [0.15, 0.2) is 11.7 Å². The van der Waals surface area contributed by atoms with Crippen molar-refractivity contribution in [3.05, 3.63) is 11.3 Å². The standard InChI is InChI=1S/C8H7F3O3/c1-3(12)5-4(2)14-7(13)6(5)8(9,10)11/h6H,1-2H3. The predicted molar refractivity (Wildman–Crippen MR) is 39.0 cm³/mol. The van der Waals surface area contributed by atoms with Gasteiger partial charge in [0, 0.05) is 0 Å². The molecule has 1 heterocycles. The number of cyclic esters (lactones) is 1. The number of Topliss-reactive ketones (excluding diaryl/α,β-unsaturated/α-hetero) is 1. The Balaban J connectivity index is 3.17. The maximum absolute atomic E-state index is 12.3. The molecule has 1 aliphatic heterocycles. The number of carbonyl (C=O) groups is 2. The molecule has 1 rings (SSSR count). The topological polar surface area (TPSA) is 43.4 Å². The minimum Gasteiger partial charge on any atom is -0.430 e. The molecule has 0 aliphatic carbocycles. The lowest BCUT2D eigenvalue weighted by molar-refractivity contribution is -0.182. The molecule has 0 aromatic carbocycles. The predicted octanol–water partition coefficient (Wildman–Crippen LogP) is 1.58. The minimum atomic E-state index is -4.77. The average Bonchev–Trinajstić information content (AvgIpc) is 2.23. The Kier molecular flexibility index (Phi) is 2.39. The van der Waals surface area contributed by atoms with Gasteiger partial charge in [0.1, 0.15) is 5.76 Å². The first kappa shape index (κ1) is 10.7. The third kappa shape index (κ3) is 1.64. The van der Waals surface area contributed by atoms with Crippen molar-refractivity contribution >= 4 is 11.8 Å². The van der Waals surface area contributed by atoms with Crippen LogP contribution in [0.3, 0.4) is 0 Å². The molecule has 14 heavy (non-hydrogen) atoms. The fraction of sp³-hybridized carbons (Fsp3) is 0.500. The van der Waals surface area contributed by atoms with Crippen molar-refractivity contribution in [3.8, 4) is 0 Å². The number of hydrogen-bond donors (Lipinski definition) is 0. The maximum Gasteiger partial charge on any atom is 0.406 e. The Hall–Kier alpha value is -1.33. The molecule has 0 amide bonds. The van der Waals surface area contributed by atoms with E-state index in [1.165, 1.54) is 6.92 Å². The quantitative estimate of drug-likeness (QED) is 0.614. The fourth-order valence-electron chi connectivity index (χ4n) is 1.33. The summed E-state index contributed by atoms with van der Waals surface area (Å²) in [4.78, 5) is 21.7. The van der Waals surface area contributed by atoms with Crippen molar-refractivity contribution in [1.29, 1.82) is 0 Å². The van der Waals surface area contributed by atoms with E-state index in [-0.39, 0.29) is 5.76 Å². The normalized spacial score (nSPS) is 22.6. The van der Waals surface area contributed by atoms with E-state index in [0.29, 0.717) is 0 Å². The molecule has 1 aliphatic rings. The molecule has 1 atom stereocenters. The van der Waals surface area contributed by atoms with Crippen molar-refractivity contribution < 1.29 is 27.5 Å². The molecule has 0 aromatic heterocycles. The monoisotopic (exact) mass is 208 g/mol. The first-order chi connectivity index (χ1) is 6.25. The summed E-state index contributed by atoms with van der Waals surface area (Å²) in [6.07, 6.45) is -4.77. The van der Waals surface area contributed by atoms with Gasteiger partial charge in [-0.15, -0.1) is 0 Å². The molecule has 0 radical (unpaired) electrons. The smallest absolute Gasteiger partial charge is 0.406 e. The molecule has 0 fully saturated rings. The van der Waals surface area contributed by atoms with E-state index in [4.69, 9.17) is 0 Å². The first-order valence-corrected chi connectivity index (χ1v) is 3.75. The first-order valence-electron chi connectivity index (χ1n) is 3.75. The van der Waals surface area contributed by atoms with Crippen LogP contribution >= 0.6 is 0 Å². The van der Waals surface area contributed by atoms with Crippen LogP contribution in [0.2, 0.25) is 0 Å². The molecule has 0 N–H and O–H groups in total. The molecule has 6 heteroatoms. The lowest BCUT2D eigenvalue weighted by Gasteiger charge is -2.12. The van der Waals surface area contributed by atoms with Gasteiger partial charge in [-0.2, -0.15) is 13.2 Å². The summed E-state index contributed by atoms with van der Waals surface area (Å²) in [5.74, 6) is -4.90. The third-order valence-corrected chi connectivity index (χ3v) is 1.86. The highest BCUT2D eigenvalue weighted by molar-refractivity contribution is 6.02. The van der Waals surface area contributed by atoms with Crippen LogP contribution in [0, 0.1) is 5.92 Å². The zero-order chi connectivity index (χ0) is 11.1. The highest BCUT2D eigenvalue weighted by Gasteiger charge is 2.54. The van der Waals surface area contributed by atoms with E-state index in [2.05, 4.69) is 4.74 Å². The number of halogens is 3. The summed E-state index contributed by atoms with van der Waals surface area (Å²) in [5.41, 5.74) is -0.595. The molecular formula is C8H7F3O3. The van der Waals surface area contributed by atoms with E-state index in [0.717, 1.165) is 6.92 Å². The average molecular weight is 208 g/mol. The van der Waals surface area contributed by atoms with Gasteiger partial charge in [-0.1, -0.05) is 0 Å². The summed E-state index contributed by atoms with van der Waals surface area (Å²) in [6, 6.07) is 0. The second kappa shape index (κ2) is 3.11. The number of rotatable bonds is 1. The molecule has 3 nitrogen and oxygen atoms in total. The van der Waals surface area contributed by atoms with Gasteiger partial charge < -0.3 is 4.74 Å². The number of alkyl halides is 3. The SMILES string of the molecule is CC(=O)C1=C(C)OC(=O)C1C(F)(F)F. The van der Waals surface area contributed by atoms with Gasteiger partial charge >= 0.3 is 12.1 Å². The Bertz CT molecular complexity index is 327. The van der Waals surface area contributed by atoms with Crippen molar-refractivity contribution in [1.82, 2.24) is 0 Å². The number of carbonyl (C=O) groups excluding carboxylic acids is 2. The Morgan fingerprint density at radius 3 is 2.21 bits per heavy atom. The summed E-state index contributed by atoms with van der Waals surface area (Å²) in [5, 5.41) is 0. The van der Waals surface area contributed by atoms with Crippen LogP contribution in [0.1, 0.15) is 13.8 Å². The van der Waals surface area contributed by atoms with Crippen molar-refractivity contribution in [2.75, 3.05) is 0 Å². The fourth-order valence-corrected chi connectivity index (χ4v) is 1.33.